The molecule has 2 aliphatic rings. The first-order valence-electron chi connectivity index (χ1n) is 9.49. The summed E-state index contributed by atoms with van der Waals surface area (Å²) in [6.07, 6.45) is 2.11. The number of imide groups is 1. The minimum absolute atomic E-state index is 0.0796. The second-order valence-corrected chi connectivity index (χ2v) is 7.39. The first-order valence-corrected chi connectivity index (χ1v) is 9.49. The average Bonchev–Trinajstić information content (AvgIpc) is 2.98. The number of carbonyl (C=O) groups excluding carboxylic acids is 2. The van der Waals surface area contributed by atoms with E-state index in [1.54, 1.807) is 0 Å². The molecule has 2 saturated heterocycles. The number of rotatable bonds is 4. The molecule has 0 N–H and O–H groups in total. The summed E-state index contributed by atoms with van der Waals surface area (Å²) in [4.78, 5) is 28.8. The molecule has 2 aromatic carbocycles. The third-order valence-electron chi connectivity index (χ3n) is 5.72. The van der Waals surface area contributed by atoms with Gasteiger partial charge in [-0.05, 0) is 55.1 Å². The van der Waals surface area contributed by atoms with Crippen LogP contribution in [0.3, 0.4) is 0 Å². The van der Waals surface area contributed by atoms with E-state index in [2.05, 4.69) is 4.90 Å². The van der Waals surface area contributed by atoms with Crippen LogP contribution < -0.4 is 0 Å². The largest absolute Gasteiger partial charge is 0.291 e. The second-order valence-electron chi connectivity index (χ2n) is 7.39. The van der Waals surface area contributed by atoms with Gasteiger partial charge in [0, 0.05) is 0 Å². The van der Waals surface area contributed by atoms with Crippen molar-refractivity contribution in [3.63, 3.8) is 0 Å². The summed E-state index contributed by atoms with van der Waals surface area (Å²) in [6.45, 7) is 1.91. The fraction of sp³-hybridized carbons (Fsp3) is 0.364. The van der Waals surface area contributed by atoms with E-state index >= 15 is 0 Å². The Kier molecular flexibility index (Phi) is 5.03. The Morgan fingerprint density at radius 1 is 0.926 bits per heavy atom. The molecular formula is C22H23FN2O2. The smallest absolute Gasteiger partial charge is 0.247 e. The van der Waals surface area contributed by atoms with Crippen molar-refractivity contribution in [2.75, 3.05) is 13.1 Å². The van der Waals surface area contributed by atoms with Crippen LogP contribution in [0.25, 0.3) is 0 Å². The van der Waals surface area contributed by atoms with E-state index in [4.69, 9.17) is 0 Å². The van der Waals surface area contributed by atoms with Crippen LogP contribution in [-0.4, -0.2) is 40.7 Å². The topological polar surface area (TPSA) is 40.6 Å². The number of hydrogen-bond donors (Lipinski definition) is 0. The number of hydrogen-bond acceptors (Lipinski definition) is 3. The molecule has 2 aliphatic heterocycles. The number of piperidine rings is 1. The van der Waals surface area contributed by atoms with Gasteiger partial charge in [0.15, 0.2) is 0 Å². The molecule has 2 fully saturated rings. The van der Waals surface area contributed by atoms with Crippen LogP contribution in [0.15, 0.2) is 54.6 Å². The van der Waals surface area contributed by atoms with Crippen molar-refractivity contribution in [2.24, 2.45) is 0 Å². The number of carbonyl (C=O) groups is 2. The predicted octanol–water partition coefficient (Wildman–Crippen LogP) is 3.33. The summed E-state index contributed by atoms with van der Waals surface area (Å²) in [6, 6.07) is 16.0. The van der Waals surface area contributed by atoms with Crippen molar-refractivity contribution in [3.8, 4) is 0 Å². The molecule has 4 nitrogen and oxygen atoms in total. The molecule has 2 amide bonds. The highest BCUT2D eigenvalue weighted by Crippen LogP contribution is 2.31. The average molecular weight is 366 g/mol. The lowest BCUT2D eigenvalue weighted by Gasteiger charge is -2.35. The van der Waals surface area contributed by atoms with Crippen LogP contribution in [0.1, 0.15) is 36.3 Å². The van der Waals surface area contributed by atoms with Crippen molar-refractivity contribution < 1.29 is 14.0 Å². The van der Waals surface area contributed by atoms with E-state index in [0.29, 0.717) is 12.5 Å². The van der Waals surface area contributed by atoms with Crippen LogP contribution in [0, 0.1) is 5.82 Å². The number of benzene rings is 2. The maximum Gasteiger partial charge on any atom is 0.247 e. The zero-order chi connectivity index (χ0) is 18.8. The van der Waals surface area contributed by atoms with Gasteiger partial charge in [0.1, 0.15) is 5.82 Å². The van der Waals surface area contributed by atoms with Crippen LogP contribution in [0.5, 0.6) is 0 Å². The maximum absolute atomic E-state index is 13.1. The molecule has 0 aliphatic carbocycles. The third-order valence-corrected chi connectivity index (χ3v) is 5.72. The minimum Gasteiger partial charge on any atom is -0.291 e. The fourth-order valence-electron chi connectivity index (χ4n) is 4.16. The Morgan fingerprint density at radius 2 is 1.59 bits per heavy atom. The van der Waals surface area contributed by atoms with Crippen molar-refractivity contribution >= 4 is 11.8 Å². The molecule has 0 bridgehead atoms. The van der Waals surface area contributed by atoms with Crippen LogP contribution >= 0.6 is 0 Å². The van der Waals surface area contributed by atoms with E-state index in [1.165, 1.54) is 17.0 Å². The molecule has 1 atom stereocenters. The van der Waals surface area contributed by atoms with Gasteiger partial charge < -0.3 is 0 Å². The van der Waals surface area contributed by atoms with Crippen molar-refractivity contribution in [3.05, 3.63) is 71.5 Å². The van der Waals surface area contributed by atoms with Crippen LogP contribution in [-0.2, 0) is 16.1 Å². The molecular weight excluding hydrogens is 343 g/mol. The summed E-state index contributed by atoms with van der Waals surface area (Å²) in [7, 11) is 0. The molecule has 4 rings (SSSR count). The molecule has 0 aromatic heterocycles. The Hall–Kier alpha value is -2.53. The molecule has 140 valence electrons. The highest BCUT2D eigenvalue weighted by atomic mass is 19.1. The zero-order valence-electron chi connectivity index (χ0n) is 15.2. The van der Waals surface area contributed by atoms with Gasteiger partial charge >= 0.3 is 0 Å². The molecule has 2 aromatic rings. The lowest BCUT2D eigenvalue weighted by atomic mass is 9.89. The number of likely N-dealkylation sites (tertiary alicyclic amines) is 2. The van der Waals surface area contributed by atoms with Crippen LogP contribution in [0.4, 0.5) is 4.39 Å². The number of nitrogens with zero attached hydrogens (tertiary/aromatic N) is 2. The second kappa shape index (κ2) is 7.61. The SMILES string of the molecule is O=C1CC(N2CCC(c3ccc(F)cc3)CC2)C(=O)N1Cc1ccccc1. The summed E-state index contributed by atoms with van der Waals surface area (Å²) >= 11 is 0. The maximum atomic E-state index is 13.1. The Morgan fingerprint density at radius 3 is 2.26 bits per heavy atom. The molecule has 1 unspecified atom stereocenters. The van der Waals surface area contributed by atoms with E-state index in [-0.39, 0.29) is 30.1 Å². The number of amides is 2. The summed E-state index contributed by atoms with van der Waals surface area (Å²) in [5.74, 6) is -0.00201. The van der Waals surface area contributed by atoms with Gasteiger partial charge in [0.05, 0.1) is 19.0 Å². The minimum atomic E-state index is -0.338. The molecule has 2 heterocycles. The monoisotopic (exact) mass is 366 g/mol. The highest BCUT2D eigenvalue weighted by Gasteiger charge is 2.42. The van der Waals surface area contributed by atoms with Gasteiger partial charge in [0.25, 0.3) is 0 Å². The molecule has 0 radical (unpaired) electrons. The lowest BCUT2D eigenvalue weighted by Crippen LogP contribution is -2.45. The first kappa shape index (κ1) is 17.9. The molecule has 0 saturated carbocycles. The van der Waals surface area contributed by atoms with Gasteiger partial charge in [0.2, 0.25) is 11.8 Å². The zero-order valence-corrected chi connectivity index (χ0v) is 15.2. The highest BCUT2D eigenvalue weighted by molar-refractivity contribution is 6.05. The first-order chi connectivity index (χ1) is 13.1. The van der Waals surface area contributed by atoms with Gasteiger partial charge in [-0.15, -0.1) is 0 Å². The summed E-state index contributed by atoms with van der Waals surface area (Å²) in [5.41, 5.74) is 2.12. The number of halogens is 1. The van der Waals surface area contributed by atoms with E-state index in [9.17, 15) is 14.0 Å². The van der Waals surface area contributed by atoms with E-state index in [0.717, 1.165) is 37.1 Å². The normalized spacial score (nSPS) is 21.8. The van der Waals surface area contributed by atoms with E-state index in [1.807, 2.05) is 42.5 Å². The van der Waals surface area contributed by atoms with E-state index < -0.39 is 0 Å². The van der Waals surface area contributed by atoms with Crippen molar-refractivity contribution in [1.29, 1.82) is 0 Å². The fourth-order valence-corrected chi connectivity index (χ4v) is 4.16. The van der Waals surface area contributed by atoms with Crippen LogP contribution in [0.2, 0.25) is 0 Å². The van der Waals surface area contributed by atoms with Crippen molar-refractivity contribution in [2.45, 2.75) is 37.8 Å². The van der Waals surface area contributed by atoms with Crippen molar-refractivity contribution in [1.82, 2.24) is 9.80 Å². The Bertz CT molecular complexity index is 814. The third kappa shape index (κ3) is 3.78. The Labute approximate surface area is 158 Å². The Balaban J connectivity index is 1.38. The van der Waals surface area contributed by atoms with Gasteiger partial charge in [-0.1, -0.05) is 42.5 Å². The molecule has 0 spiro atoms. The quantitative estimate of drug-likeness (QED) is 0.780. The van der Waals surface area contributed by atoms with Gasteiger partial charge in [-0.25, -0.2) is 4.39 Å². The standard InChI is InChI=1S/C22H23FN2O2/c23-19-8-6-17(7-9-19)18-10-12-24(13-11-18)20-14-21(26)25(22(20)27)15-16-4-2-1-3-5-16/h1-9,18,20H,10-15H2. The molecule has 27 heavy (non-hydrogen) atoms. The van der Waals surface area contributed by atoms with Gasteiger partial charge in [-0.3, -0.25) is 19.4 Å². The molecule has 5 heteroatoms. The van der Waals surface area contributed by atoms with Gasteiger partial charge in [-0.2, -0.15) is 0 Å². The summed E-state index contributed by atoms with van der Waals surface area (Å²) in [5, 5.41) is 0. The lowest BCUT2D eigenvalue weighted by molar-refractivity contribution is -0.140. The summed E-state index contributed by atoms with van der Waals surface area (Å²) < 4.78 is 13.1. The predicted molar refractivity (Wildman–Crippen MR) is 100 cm³/mol.